The van der Waals surface area contributed by atoms with Gasteiger partial charge in [-0.15, -0.1) is 11.3 Å². The fourth-order valence-electron chi connectivity index (χ4n) is 1.47. The summed E-state index contributed by atoms with van der Waals surface area (Å²) in [4.78, 5) is 0. The van der Waals surface area contributed by atoms with Gasteiger partial charge in [-0.1, -0.05) is 0 Å². The smallest absolute Gasteiger partial charge is 0.275 e. The number of methoxy groups -OCH3 is 1. The van der Waals surface area contributed by atoms with Gasteiger partial charge in [-0.25, -0.2) is 26.0 Å². The Morgan fingerprint density at radius 2 is 1.71 bits per heavy atom. The third kappa shape index (κ3) is 2.81. The van der Waals surface area contributed by atoms with Gasteiger partial charge in [0.15, 0.2) is 27.5 Å². The Morgan fingerprint density at radius 1 is 1.14 bits per heavy atom. The molecule has 0 saturated carbocycles. The first-order valence-electron chi connectivity index (χ1n) is 5.25. The van der Waals surface area contributed by atoms with Crippen LogP contribution in [-0.4, -0.2) is 15.5 Å². The molecule has 0 amide bonds. The third-order valence-electron chi connectivity index (χ3n) is 2.41. The van der Waals surface area contributed by atoms with E-state index in [0.717, 1.165) is 0 Å². The van der Waals surface area contributed by atoms with Crippen molar-refractivity contribution in [1.29, 1.82) is 0 Å². The molecule has 0 aliphatic carbocycles. The standard InChI is InChI=1S/C11H7F4NO3S2/c1-19-7-2-3-20-11(7)21(17,18)16-10-8(14)5(12)4-6(13)9(10)15/h2-4,16H,1H3. The largest absolute Gasteiger partial charge is 0.494 e. The number of ether oxygens (including phenoxy) is 1. The molecule has 21 heavy (non-hydrogen) atoms. The zero-order valence-electron chi connectivity index (χ0n) is 10.3. The van der Waals surface area contributed by atoms with Gasteiger partial charge < -0.3 is 4.74 Å². The Labute approximate surface area is 121 Å². The Kier molecular flexibility index (Phi) is 4.10. The second kappa shape index (κ2) is 5.53. The molecule has 0 radical (unpaired) electrons. The highest BCUT2D eigenvalue weighted by molar-refractivity contribution is 7.94. The van der Waals surface area contributed by atoms with Crippen molar-refractivity contribution in [3.05, 3.63) is 40.8 Å². The summed E-state index contributed by atoms with van der Waals surface area (Å²) in [6.45, 7) is 0. The van der Waals surface area contributed by atoms with Crippen LogP contribution in [-0.2, 0) is 10.0 Å². The molecule has 1 N–H and O–H groups in total. The first-order chi connectivity index (χ1) is 9.77. The summed E-state index contributed by atoms with van der Waals surface area (Å²) >= 11 is 0.713. The van der Waals surface area contributed by atoms with Gasteiger partial charge in [0.25, 0.3) is 10.0 Å². The SMILES string of the molecule is COc1ccsc1S(=O)(=O)Nc1c(F)c(F)cc(F)c1F. The normalized spacial score (nSPS) is 11.5. The fraction of sp³-hybridized carbons (Fsp3) is 0.0909. The molecular weight excluding hydrogens is 334 g/mol. The lowest BCUT2D eigenvalue weighted by Crippen LogP contribution is -2.16. The van der Waals surface area contributed by atoms with E-state index < -0.39 is 39.0 Å². The fourth-order valence-corrected chi connectivity index (χ4v) is 3.81. The molecule has 2 aromatic rings. The second-order valence-corrected chi connectivity index (χ2v) is 6.52. The van der Waals surface area contributed by atoms with Crippen LogP contribution < -0.4 is 9.46 Å². The minimum Gasteiger partial charge on any atom is -0.494 e. The van der Waals surface area contributed by atoms with E-state index in [1.54, 1.807) is 0 Å². The number of thiophene rings is 1. The van der Waals surface area contributed by atoms with E-state index in [0.29, 0.717) is 11.3 Å². The van der Waals surface area contributed by atoms with Crippen molar-refractivity contribution in [3.63, 3.8) is 0 Å². The van der Waals surface area contributed by atoms with Gasteiger partial charge in [0.2, 0.25) is 0 Å². The van der Waals surface area contributed by atoms with E-state index >= 15 is 0 Å². The van der Waals surface area contributed by atoms with Gasteiger partial charge in [0, 0.05) is 6.07 Å². The molecule has 1 aromatic carbocycles. The lowest BCUT2D eigenvalue weighted by atomic mass is 10.3. The Hall–Kier alpha value is -1.81. The number of benzene rings is 1. The molecule has 1 aromatic heterocycles. The van der Waals surface area contributed by atoms with Crippen LogP contribution in [0.5, 0.6) is 5.75 Å². The van der Waals surface area contributed by atoms with Crippen molar-refractivity contribution in [3.8, 4) is 5.75 Å². The molecule has 0 unspecified atom stereocenters. The summed E-state index contributed by atoms with van der Waals surface area (Å²) in [6.07, 6.45) is 0. The Morgan fingerprint density at radius 3 is 2.24 bits per heavy atom. The molecule has 0 fully saturated rings. The van der Waals surface area contributed by atoms with Gasteiger partial charge in [0.05, 0.1) is 7.11 Å². The third-order valence-corrected chi connectivity index (χ3v) is 5.20. The predicted octanol–water partition coefficient (Wildman–Crippen LogP) is 3.11. The minimum absolute atomic E-state index is 0.0197. The number of halogens is 4. The van der Waals surface area contributed by atoms with Crippen LogP contribution in [0.15, 0.2) is 21.7 Å². The highest BCUT2D eigenvalue weighted by atomic mass is 32.2. The second-order valence-electron chi connectivity index (χ2n) is 3.73. The van der Waals surface area contributed by atoms with Crippen molar-refractivity contribution < 1.29 is 30.7 Å². The summed E-state index contributed by atoms with van der Waals surface area (Å²) in [6, 6.07) is 1.30. The summed E-state index contributed by atoms with van der Waals surface area (Å²) in [5.74, 6) is -7.18. The zero-order valence-corrected chi connectivity index (χ0v) is 11.9. The van der Waals surface area contributed by atoms with E-state index in [9.17, 15) is 26.0 Å². The number of hydrogen-bond acceptors (Lipinski definition) is 4. The summed E-state index contributed by atoms with van der Waals surface area (Å²) in [7, 11) is -3.26. The van der Waals surface area contributed by atoms with Crippen LogP contribution in [0.4, 0.5) is 23.2 Å². The maximum absolute atomic E-state index is 13.5. The van der Waals surface area contributed by atoms with E-state index in [-0.39, 0.29) is 16.0 Å². The molecule has 10 heteroatoms. The average Bonchev–Trinajstić information content (AvgIpc) is 2.91. The van der Waals surface area contributed by atoms with Gasteiger partial charge in [-0.3, -0.25) is 4.72 Å². The average molecular weight is 341 g/mol. The minimum atomic E-state index is -4.46. The molecule has 4 nitrogen and oxygen atoms in total. The Bertz CT molecular complexity index is 763. The molecule has 0 saturated heterocycles. The number of hydrogen-bond donors (Lipinski definition) is 1. The lowest BCUT2D eigenvalue weighted by Gasteiger charge is -2.10. The maximum atomic E-state index is 13.5. The summed E-state index contributed by atoms with van der Waals surface area (Å²) < 4.78 is 82.9. The molecule has 0 spiro atoms. The highest BCUT2D eigenvalue weighted by Gasteiger charge is 2.27. The van der Waals surface area contributed by atoms with E-state index in [1.165, 1.54) is 23.3 Å². The van der Waals surface area contributed by atoms with Gasteiger partial charge in [-0.05, 0) is 11.4 Å². The number of rotatable bonds is 4. The number of anilines is 1. The van der Waals surface area contributed by atoms with Crippen molar-refractivity contribution in [2.75, 3.05) is 11.8 Å². The van der Waals surface area contributed by atoms with E-state index in [1.807, 2.05) is 0 Å². The quantitative estimate of drug-likeness (QED) is 0.687. The van der Waals surface area contributed by atoms with Crippen molar-refractivity contribution in [2.24, 2.45) is 0 Å². The number of sulfonamides is 1. The van der Waals surface area contributed by atoms with Gasteiger partial charge in [-0.2, -0.15) is 0 Å². The number of nitrogens with one attached hydrogen (secondary N) is 1. The van der Waals surface area contributed by atoms with Crippen LogP contribution in [0.1, 0.15) is 0 Å². The van der Waals surface area contributed by atoms with Gasteiger partial charge in [0.1, 0.15) is 11.4 Å². The molecule has 0 bridgehead atoms. The monoisotopic (exact) mass is 341 g/mol. The van der Waals surface area contributed by atoms with Crippen molar-refractivity contribution in [2.45, 2.75) is 4.21 Å². The zero-order chi connectivity index (χ0) is 15.8. The van der Waals surface area contributed by atoms with E-state index in [4.69, 9.17) is 4.74 Å². The molecule has 114 valence electrons. The van der Waals surface area contributed by atoms with Crippen LogP contribution in [0.3, 0.4) is 0 Å². The molecule has 0 aliphatic heterocycles. The molecule has 1 heterocycles. The molecule has 0 atom stereocenters. The highest BCUT2D eigenvalue weighted by Crippen LogP contribution is 2.33. The van der Waals surface area contributed by atoms with Crippen molar-refractivity contribution in [1.82, 2.24) is 0 Å². The molecule has 2 rings (SSSR count). The summed E-state index contributed by atoms with van der Waals surface area (Å²) in [5, 5.41) is 1.37. The maximum Gasteiger partial charge on any atom is 0.275 e. The summed E-state index contributed by atoms with van der Waals surface area (Å²) in [5.41, 5.74) is -1.43. The Balaban J connectivity index is 2.52. The predicted molar refractivity (Wildman–Crippen MR) is 68.0 cm³/mol. The topological polar surface area (TPSA) is 55.4 Å². The lowest BCUT2D eigenvalue weighted by molar-refractivity contribution is 0.406. The van der Waals surface area contributed by atoms with Crippen LogP contribution >= 0.6 is 11.3 Å². The molecular formula is C11H7F4NO3S2. The van der Waals surface area contributed by atoms with Crippen LogP contribution in [0, 0.1) is 23.3 Å². The van der Waals surface area contributed by atoms with Crippen LogP contribution in [0.25, 0.3) is 0 Å². The van der Waals surface area contributed by atoms with Gasteiger partial charge >= 0.3 is 0 Å². The van der Waals surface area contributed by atoms with E-state index in [2.05, 4.69) is 0 Å². The first-order valence-corrected chi connectivity index (χ1v) is 7.61. The van der Waals surface area contributed by atoms with Crippen molar-refractivity contribution >= 4 is 27.0 Å². The molecule has 0 aliphatic rings. The first kappa shape index (κ1) is 15.6. The van der Waals surface area contributed by atoms with Crippen LogP contribution in [0.2, 0.25) is 0 Å².